The van der Waals surface area contributed by atoms with Crippen LogP contribution in [0, 0.1) is 13.7 Å². The van der Waals surface area contributed by atoms with Crippen molar-refractivity contribution < 1.29 is 23.9 Å². The Morgan fingerprint density at radius 1 is 1.11 bits per heavy atom. The number of nitro benzene ring substituents is 1. The molecule has 0 aliphatic carbocycles. The van der Waals surface area contributed by atoms with Crippen LogP contribution in [0.2, 0.25) is 10.0 Å². The molecule has 3 aromatic carbocycles. The number of nitro groups is 1. The van der Waals surface area contributed by atoms with E-state index in [4.69, 9.17) is 37.4 Å². The molecule has 1 aliphatic heterocycles. The summed E-state index contributed by atoms with van der Waals surface area (Å²) < 4.78 is 17.8. The predicted molar refractivity (Wildman–Crippen MR) is 145 cm³/mol. The van der Waals surface area contributed by atoms with Gasteiger partial charge >= 0.3 is 5.97 Å². The molecule has 36 heavy (non-hydrogen) atoms. The molecule has 1 aliphatic rings. The van der Waals surface area contributed by atoms with Gasteiger partial charge in [-0.05, 0) is 83.1 Å². The molecule has 11 heteroatoms. The first kappa shape index (κ1) is 25.9. The summed E-state index contributed by atoms with van der Waals surface area (Å²) in [5.74, 6) is 0.350. The molecule has 0 aromatic heterocycles. The van der Waals surface area contributed by atoms with Crippen molar-refractivity contribution in [3.8, 4) is 11.5 Å². The molecule has 0 bridgehead atoms. The van der Waals surface area contributed by atoms with Gasteiger partial charge in [-0.1, -0.05) is 35.3 Å². The summed E-state index contributed by atoms with van der Waals surface area (Å²) in [5, 5.41) is 11.8. The Morgan fingerprint density at radius 3 is 2.56 bits per heavy atom. The molecule has 0 unspecified atom stereocenters. The van der Waals surface area contributed by atoms with Crippen molar-refractivity contribution in [2.24, 2.45) is 4.99 Å². The van der Waals surface area contributed by atoms with E-state index in [2.05, 4.69) is 27.6 Å². The second-order valence-corrected chi connectivity index (χ2v) is 9.44. The Hall–Kier alpha value is -3.15. The summed E-state index contributed by atoms with van der Waals surface area (Å²) in [5.41, 5.74) is 1.58. The molecule has 0 saturated heterocycles. The van der Waals surface area contributed by atoms with E-state index in [0.717, 1.165) is 9.13 Å². The lowest BCUT2D eigenvalue weighted by Crippen LogP contribution is -2.06. The average molecular weight is 639 g/mol. The minimum atomic E-state index is -0.682. The van der Waals surface area contributed by atoms with Gasteiger partial charge in [0.25, 0.3) is 5.69 Å². The van der Waals surface area contributed by atoms with E-state index in [9.17, 15) is 14.9 Å². The fraction of sp³-hybridized carbons (Fsp3) is 0.120. The molecule has 1 heterocycles. The Morgan fingerprint density at radius 2 is 1.86 bits per heavy atom. The standard InChI is InChI=1S/C25H17Cl2IN2O6/c1-2-34-22-11-15(9-19(28)23(22)35-13-14-3-6-17(26)7-4-14)10-20-25(31)36-24(29-20)16-5-8-18(27)21(12-16)30(32)33/h3-12H,2,13H2,1H3/b20-10-. The number of hydrogen-bond acceptors (Lipinski definition) is 7. The number of ether oxygens (including phenoxy) is 3. The molecule has 184 valence electrons. The monoisotopic (exact) mass is 638 g/mol. The largest absolute Gasteiger partial charge is 0.490 e. The van der Waals surface area contributed by atoms with Crippen LogP contribution in [0.15, 0.2) is 65.3 Å². The van der Waals surface area contributed by atoms with E-state index >= 15 is 0 Å². The summed E-state index contributed by atoms with van der Waals surface area (Å²) in [4.78, 5) is 27.3. The third-order valence-electron chi connectivity index (χ3n) is 4.94. The molecule has 0 saturated carbocycles. The van der Waals surface area contributed by atoms with Gasteiger partial charge in [0.15, 0.2) is 17.2 Å². The minimum absolute atomic E-state index is 0.0270. The number of benzene rings is 3. The maximum absolute atomic E-state index is 12.5. The molecule has 4 rings (SSSR count). The quantitative estimate of drug-likeness (QED) is 0.0882. The predicted octanol–water partition coefficient (Wildman–Crippen LogP) is 6.83. The molecule has 3 aromatic rings. The highest BCUT2D eigenvalue weighted by molar-refractivity contribution is 14.1. The van der Waals surface area contributed by atoms with Gasteiger partial charge in [0.2, 0.25) is 5.90 Å². The highest BCUT2D eigenvalue weighted by Gasteiger charge is 2.26. The molecule has 0 atom stereocenters. The van der Waals surface area contributed by atoms with E-state index in [1.807, 2.05) is 25.1 Å². The molecule has 0 radical (unpaired) electrons. The Bertz CT molecular complexity index is 1410. The zero-order valence-corrected chi connectivity index (χ0v) is 22.3. The van der Waals surface area contributed by atoms with Gasteiger partial charge < -0.3 is 14.2 Å². The topological polar surface area (TPSA) is 100 Å². The number of rotatable bonds is 8. The third-order valence-corrected chi connectivity index (χ3v) is 6.31. The van der Waals surface area contributed by atoms with Crippen molar-refractivity contribution in [3.05, 3.63) is 101 Å². The van der Waals surface area contributed by atoms with E-state index in [0.29, 0.717) is 35.3 Å². The number of esters is 1. The van der Waals surface area contributed by atoms with Crippen LogP contribution in [0.25, 0.3) is 6.08 Å². The van der Waals surface area contributed by atoms with Crippen molar-refractivity contribution >= 4 is 69.4 Å². The SMILES string of the molecule is CCOc1cc(/C=C2\N=C(c3ccc(Cl)c([N+](=O)[O-])c3)OC2=O)cc(I)c1OCc1ccc(Cl)cc1. The molecule has 8 nitrogen and oxygen atoms in total. The number of carbonyl (C=O) groups is 1. The number of nitrogens with zero attached hydrogens (tertiary/aromatic N) is 2. The lowest BCUT2D eigenvalue weighted by atomic mass is 10.1. The lowest BCUT2D eigenvalue weighted by molar-refractivity contribution is -0.384. The number of cyclic esters (lactones) is 1. The van der Waals surface area contributed by atoms with Crippen molar-refractivity contribution in [2.45, 2.75) is 13.5 Å². The van der Waals surface area contributed by atoms with Crippen molar-refractivity contribution in [3.63, 3.8) is 0 Å². The second-order valence-electron chi connectivity index (χ2n) is 7.44. The van der Waals surface area contributed by atoms with Gasteiger partial charge in [-0.15, -0.1) is 0 Å². The first-order chi connectivity index (χ1) is 17.2. The smallest absolute Gasteiger partial charge is 0.363 e. The van der Waals surface area contributed by atoms with Gasteiger partial charge in [0.1, 0.15) is 11.6 Å². The van der Waals surface area contributed by atoms with Crippen molar-refractivity contribution in [1.29, 1.82) is 0 Å². The molecular formula is C25H17Cl2IN2O6. The Balaban J connectivity index is 1.62. The zero-order chi connectivity index (χ0) is 25.8. The number of aliphatic imine (C=N–C) groups is 1. The highest BCUT2D eigenvalue weighted by atomic mass is 127. The molecule has 0 amide bonds. The molecule has 0 N–H and O–H groups in total. The van der Waals surface area contributed by atoms with Crippen LogP contribution in [0.5, 0.6) is 11.5 Å². The minimum Gasteiger partial charge on any atom is -0.490 e. The number of carbonyl (C=O) groups excluding carboxylic acids is 1. The molecule has 0 fully saturated rings. The van der Waals surface area contributed by atoms with Crippen LogP contribution >= 0.6 is 45.8 Å². The molecule has 0 spiro atoms. The maximum Gasteiger partial charge on any atom is 0.363 e. The van der Waals surface area contributed by atoms with Crippen LogP contribution in [0.1, 0.15) is 23.6 Å². The fourth-order valence-corrected chi connectivity index (χ4v) is 4.38. The molecular weight excluding hydrogens is 622 g/mol. The van der Waals surface area contributed by atoms with Crippen LogP contribution in [0.4, 0.5) is 5.69 Å². The first-order valence-electron chi connectivity index (χ1n) is 10.6. The van der Waals surface area contributed by atoms with Crippen LogP contribution in [0.3, 0.4) is 0 Å². The third kappa shape index (κ3) is 5.97. The lowest BCUT2D eigenvalue weighted by Gasteiger charge is -2.15. The van der Waals surface area contributed by atoms with E-state index in [1.165, 1.54) is 18.2 Å². The first-order valence-corrected chi connectivity index (χ1v) is 12.4. The van der Waals surface area contributed by atoms with Gasteiger partial charge in [0, 0.05) is 16.7 Å². The zero-order valence-electron chi connectivity index (χ0n) is 18.7. The van der Waals surface area contributed by atoms with Crippen molar-refractivity contribution in [2.75, 3.05) is 6.61 Å². The summed E-state index contributed by atoms with van der Waals surface area (Å²) in [6.45, 7) is 2.59. The number of halogens is 3. The average Bonchev–Trinajstić information content (AvgIpc) is 3.20. The van der Waals surface area contributed by atoms with Crippen LogP contribution in [-0.2, 0) is 16.1 Å². The van der Waals surface area contributed by atoms with Gasteiger partial charge in [-0.25, -0.2) is 9.79 Å². The Labute approximate surface area is 229 Å². The second kappa shape index (κ2) is 11.3. The van der Waals surface area contributed by atoms with Crippen LogP contribution in [-0.4, -0.2) is 23.4 Å². The summed E-state index contributed by atoms with van der Waals surface area (Å²) in [7, 11) is 0. The number of hydrogen-bond donors (Lipinski definition) is 0. The van der Waals surface area contributed by atoms with Crippen molar-refractivity contribution in [1.82, 2.24) is 0 Å². The van der Waals surface area contributed by atoms with E-state index < -0.39 is 10.9 Å². The maximum atomic E-state index is 12.5. The fourth-order valence-electron chi connectivity index (χ4n) is 3.29. The Kier molecular flexibility index (Phi) is 8.12. The van der Waals surface area contributed by atoms with E-state index in [1.54, 1.807) is 24.3 Å². The van der Waals surface area contributed by atoms with Gasteiger partial charge in [-0.3, -0.25) is 10.1 Å². The van der Waals surface area contributed by atoms with E-state index in [-0.39, 0.29) is 27.9 Å². The highest BCUT2D eigenvalue weighted by Crippen LogP contribution is 2.36. The van der Waals surface area contributed by atoms with Crippen LogP contribution < -0.4 is 9.47 Å². The summed E-state index contributed by atoms with van der Waals surface area (Å²) in [6.07, 6.45) is 1.55. The summed E-state index contributed by atoms with van der Waals surface area (Å²) >= 11 is 13.9. The normalized spacial score (nSPS) is 13.9. The van der Waals surface area contributed by atoms with Gasteiger partial charge in [0.05, 0.1) is 15.1 Å². The summed E-state index contributed by atoms with van der Waals surface area (Å²) in [6, 6.07) is 15.0. The van der Waals surface area contributed by atoms with Gasteiger partial charge in [-0.2, -0.15) is 0 Å².